The number of carbonyl (C=O) groups excluding carboxylic acids is 3. The highest BCUT2D eigenvalue weighted by atomic mass is 32.1. The summed E-state index contributed by atoms with van der Waals surface area (Å²) in [6.07, 6.45) is 5.34. The Bertz CT molecular complexity index is 1040. The fourth-order valence-corrected chi connectivity index (χ4v) is 3.75. The number of anilines is 2. The molecule has 0 unspecified atom stereocenters. The topological polar surface area (TPSA) is 87.7 Å². The van der Waals surface area contributed by atoms with Gasteiger partial charge in [-0.25, -0.2) is 0 Å². The van der Waals surface area contributed by atoms with Crippen LogP contribution in [-0.4, -0.2) is 43.0 Å². The maximum Gasteiger partial charge on any atom is 0.262 e. The fourth-order valence-electron chi connectivity index (χ4n) is 3.04. The number of hydrogen-bond acceptors (Lipinski definition) is 5. The van der Waals surface area contributed by atoms with Crippen LogP contribution in [0, 0.1) is 19.3 Å². The molecule has 7 nitrogen and oxygen atoms in total. The summed E-state index contributed by atoms with van der Waals surface area (Å²) in [7, 11) is 0. The summed E-state index contributed by atoms with van der Waals surface area (Å²) in [5.41, 5.74) is 1.07. The van der Waals surface area contributed by atoms with Crippen LogP contribution < -0.4 is 15.5 Å². The lowest BCUT2D eigenvalue weighted by atomic mass is 10.0. The number of nitrogens with zero attached hydrogens (tertiary/aromatic N) is 1. The number of nitrogens with one attached hydrogen (secondary N) is 2. The molecule has 1 aliphatic rings. The first-order chi connectivity index (χ1) is 14.2. The van der Waals surface area contributed by atoms with Gasteiger partial charge < -0.3 is 20.3 Å². The Morgan fingerprint density at radius 1 is 1.27 bits per heavy atom. The molecular weight excluding hydrogens is 402 g/mol. The molecule has 0 radical (unpaired) electrons. The number of terminal acetylenes is 1. The first kappa shape index (κ1) is 21.6. The lowest BCUT2D eigenvalue weighted by Crippen LogP contribution is -2.52. The summed E-state index contributed by atoms with van der Waals surface area (Å²) < 4.78 is 5.17. The second-order valence-electron chi connectivity index (χ2n) is 7.44. The van der Waals surface area contributed by atoms with Gasteiger partial charge in [-0.3, -0.25) is 14.4 Å². The minimum atomic E-state index is -1.15. The normalized spacial score (nSPS) is 14.2. The number of benzene rings is 1. The van der Waals surface area contributed by atoms with Crippen LogP contribution >= 0.6 is 11.3 Å². The fraction of sp³-hybridized carbons (Fsp3) is 0.318. The van der Waals surface area contributed by atoms with Gasteiger partial charge in [0.1, 0.15) is 12.1 Å². The first-order valence-electron chi connectivity index (χ1n) is 9.40. The number of rotatable bonds is 5. The van der Waals surface area contributed by atoms with Crippen LogP contribution in [-0.2, 0) is 14.3 Å². The molecule has 1 aromatic carbocycles. The first-order valence-corrected chi connectivity index (χ1v) is 10.2. The monoisotopic (exact) mass is 425 g/mol. The molecule has 0 bridgehead atoms. The van der Waals surface area contributed by atoms with Crippen molar-refractivity contribution in [1.82, 2.24) is 5.32 Å². The zero-order chi connectivity index (χ0) is 21.9. The van der Waals surface area contributed by atoms with Gasteiger partial charge in [0.15, 0.2) is 0 Å². The van der Waals surface area contributed by atoms with Crippen LogP contribution in [0.3, 0.4) is 0 Å². The minimum absolute atomic E-state index is 0.0683. The summed E-state index contributed by atoms with van der Waals surface area (Å²) in [5, 5.41) is 5.56. The molecule has 30 heavy (non-hydrogen) atoms. The van der Waals surface area contributed by atoms with E-state index in [0.717, 1.165) is 11.3 Å². The predicted molar refractivity (Wildman–Crippen MR) is 117 cm³/mol. The molecule has 2 N–H and O–H groups in total. The lowest BCUT2D eigenvalue weighted by Gasteiger charge is -2.29. The summed E-state index contributed by atoms with van der Waals surface area (Å²) in [4.78, 5) is 40.1. The minimum Gasteiger partial charge on any atom is -0.370 e. The van der Waals surface area contributed by atoms with Crippen LogP contribution in [0.2, 0.25) is 0 Å². The van der Waals surface area contributed by atoms with Crippen molar-refractivity contribution in [3.8, 4) is 12.3 Å². The van der Waals surface area contributed by atoms with Crippen molar-refractivity contribution in [2.75, 3.05) is 30.0 Å². The SMILES string of the molecule is C#Cc1ccc(C(=O)NC(C)(C)C(=O)Nc2ccc(N3CCOCC3=O)c(C)c2)s1. The van der Waals surface area contributed by atoms with Gasteiger partial charge in [-0.2, -0.15) is 0 Å². The van der Waals surface area contributed by atoms with E-state index in [2.05, 4.69) is 16.6 Å². The standard InChI is InChI=1S/C22H23N3O4S/c1-5-16-7-9-18(30-16)20(27)24-22(3,4)21(28)23-15-6-8-17(14(2)12-15)25-10-11-29-13-19(25)26/h1,6-9,12H,10-11,13H2,2-4H3,(H,23,28)(H,24,27). The molecule has 0 aliphatic carbocycles. The van der Waals surface area contributed by atoms with Crippen molar-refractivity contribution in [3.05, 3.63) is 45.6 Å². The Hall–Kier alpha value is -3.15. The van der Waals surface area contributed by atoms with E-state index >= 15 is 0 Å². The number of aryl methyl sites for hydroxylation is 1. The molecule has 0 saturated carbocycles. The molecule has 1 aliphatic heterocycles. The van der Waals surface area contributed by atoms with Crippen molar-refractivity contribution in [2.45, 2.75) is 26.3 Å². The summed E-state index contributed by atoms with van der Waals surface area (Å²) >= 11 is 1.19. The van der Waals surface area contributed by atoms with E-state index in [-0.39, 0.29) is 24.3 Å². The number of hydrogen-bond donors (Lipinski definition) is 2. The number of carbonyl (C=O) groups is 3. The van der Waals surface area contributed by atoms with Crippen molar-refractivity contribution in [2.24, 2.45) is 0 Å². The third kappa shape index (κ3) is 4.70. The second kappa shape index (κ2) is 8.69. The van der Waals surface area contributed by atoms with Crippen molar-refractivity contribution in [1.29, 1.82) is 0 Å². The van der Waals surface area contributed by atoms with Gasteiger partial charge in [0.25, 0.3) is 11.8 Å². The molecule has 8 heteroatoms. The number of thiophene rings is 1. The molecule has 1 saturated heterocycles. The molecule has 0 atom stereocenters. The van der Waals surface area contributed by atoms with Crippen LogP contribution in [0.25, 0.3) is 0 Å². The van der Waals surface area contributed by atoms with Crippen LogP contribution in [0.1, 0.15) is 34.0 Å². The molecule has 1 aromatic heterocycles. The van der Waals surface area contributed by atoms with Gasteiger partial charge in [-0.1, -0.05) is 5.92 Å². The molecule has 3 rings (SSSR count). The number of ether oxygens (including phenoxy) is 1. The smallest absolute Gasteiger partial charge is 0.262 e. The van der Waals surface area contributed by atoms with E-state index in [1.165, 1.54) is 11.3 Å². The van der Waals surface area contributed by atoms with E-state index in [1.807, 2.05) is 6.92 Å². The molecule has 156 valence electrons. The van der Waals surface area contributed by atoms with Gasteiger partial charge in [0.05, 0.1) is 16.4 Å². The van der Waals surface area contributed by atoms with Gasteiger partial charge >= 0.3 is 0 Å². The zero-order valence-corrected chi connectivity index (χ0v) is 17.9. The number of amides is 3. The Morgan fingerprint density at radius 2 is 2.03 bits per heavy atom. The Kier molecular flexibility index (Phi) is 6.25. The van der Waals surface area contributed by atoms with Gasteiger partial charge in [0.2, 0.25) is 5.91 Å². The van der Waals surface area contributed by atoms with Crippen LogP contribution in [0.15, 0.2) is 30.3 Å². The molecule has 1 fully saturated rings. The second-order valence-corrected chi connectivity index (χ2v) is 8.52. The lowest BCUT2D eigenvalue weighted by molar-refractivity contribution is -0.125. The highest BCUT2D eigenvalue weighted by Crippen LogP contribution is 2.25. The zero-order valence-electron chi connectivity index (χ0n) is 17.1. The Labute approximate surface area is 179 Å². The van der Waals surface area contributed by atoms with Crippen molar-refractivity contribution < 1.29 is 19.1 Å². The van der Waals surface area contributed by atoms with E-state index in [4.69, 9.17) is 11.2 Å². The molecule has 3 amide bonds. The molecule has 2 heterocycles. The van der Waals surface area contributed by atoms with E-state index in [1.54, 1.807) is 49.1 Å². The maximum atomic E-state index is 12.8. The highest BCUT2D eigenvalue weighted by Gasteiger charge is 2.30. The third-order valence-corrected chi connectivity index (χ3v) is 5.71. The molecule has 2 aromatic rings. The van der Waals surface area contributed by atoms with E-state index < -0.39 is 5.54 Å². The summed E-state index contributed by atoms with van der Waals surface area (Å²) in [6, 6.07) is 8.66. The van der Waals surface area contributed by atoms with Crippen molar-refractivity contribution >= 4 is 40.4 Å². The molecule has 0 spiro atoms. The van der Waals surface area contributed by atoms with Gasteiger partial charge in [-0.15, -0.1) is 17.8 Å². The highest BCUT2D eigenvalue weighted by molar-refractivity contribution is 7.14. The van der Waals surface area contributed by atoms with E-state index in [9.17, 15) is 14.4 Å². The third-order valence-electron chi connectivity index (χ3n) is 4.70. The van der Waals surface area contributed by atoms with Crippen molar-refractivity contribution in [3.63, 3.8) is 0 Å². The van der Waals surface area contributed by atoms with Crippen LogP contribution in [0.4, 0.5) is 11.4 Å². The average molecular weight is 426 g/mol. The maximum absolute atomic E-state index is 12.8. The largest absolute Gasteiger partial charge is 0.370 e. The van der Waals surface area contributed by atoms with Gasteiger partial charge in [-0.05, 0) is 56.7 Å². The Morgan fingerprint density at radius 3 is 2.67 bits per heavy atom. The van der Waals surface area contributed by atoms with E-state index in [0.29, 0.717) is 28.6 Å². The number of morpholine rings is 1. The quantitative estimate of drug-likeness (QED) is 0.721. The van der Waals surface area contributed by atoms with Gasteiger partial charge in [0, 0.05) is 17.9 Å². The summed E-state index contributed by atoms with van der Waals surface area (Å²) in [6.45, 7) is 6.19. The summed E-state index contributed by atoms with van der Waals surface area (Å²) in [5.74, 6) is 1.67. The van der Waals surface area contributed by atoms with Crippen LogP contribution in [0.5, 0.6) is 0 Å². The Balaban J connectivity index is 1.68. The average Bonchev–Trinajstić information content (AvgIpc) is 3.18. The molecular formula is C22H23N3O4S. The predicted octanol–water partition coefficient (Wildman–Crippen LogP) is 2.55.